The summed E-state index contributed by atoms with van der Waals surface area (Å²) in [5.74, 6) is 3.32. The van der Waals surface area contributed by atoms with Crippen molar-refractivity contribution in [2.75, 3.05) is 6.54 Å². The first-order chi connectivity index (χ1) is 7.38. The lowest BCUT2D eigenvalue weighted by atomic mass is 9.89. The van der Waals surface area contributed by atoms with E-state index in [4.69, 9.17) is 15.7 Å². The largest absolute Gasteiger partial charge is 0.490 e. The lowest BCUT2D eigenvalue weighted by Gasteiger charge is -2.20. The van der Waals surface area contributed by atoms with Gasteiger partial charge in [-0.2, -0.15) is 13.2 Å². The van der Waals surface area contributed by atoms with E-state index in [0.29, 0.717) is 0 Å². The zero-order valence-electron chi connectivity index (χ0n) is 8.89. The van der Waals surface area contributed by atoms with Gasteiger partial charge in [-0.25, -0.2) is 4.79 Å². The minimum atomic E-state index is -5.08. The topological polar surface area (TPSA) is 75.3 Å². The fourth-order valence-electron chi connectivity index (χ4n) is 1.56. The lowest BCUT2D eigenvalue weighted by Crippen LogP contribution is -2.29. The maximum Gasteiger partial charge on any atom is 0.490 e. The highest BCUT2D eigenvalue weighted by Crippen LogP contribution is 2.22. The van der Waals surface area contributed by atoms with Crippen molar-refractivity contribution in [2.45, 2.75) is 38.3 Å². The number of carbonyl (C=O) groups is 1. The molecule has 1 aliphatic rings. The molecule has 0 aromatic rings. The molecule has 0 aliphatic heterocycles. The van der Waals surface area contributed by atoms with Gasteiger partial charge in [-0.3, -0.25) is 11.3 Å². The average molecular weight is 242 g/mol. The Bertz CT molecular complexity index is 201. The van der Waals surface area contributed by atoms with Gasteiger partial charge in [-0.05, 0) is 18.8 Å². The van der Waals surface area contributed by atoms with Gasteiger partial charge in [0.15, 0.2) is 0 Å². The van der Waals surface area contributed by atoms with Gasteiger partial charge in [-0.15, -0.1) is 0 Å². The summed E-state index contributed by atoms with van der Waals surface area (Å²) in [6.07, 6.45) is 1.92. The van der Waals surface area contributed by atoms with Crippen LogP contribution in [-0.2, 0) is 4.79 Å². The number of rotatable bonds is 2. The molecule has 1 fully saturated rings. The molecule has 0 heterocycles. The van der Waals surface area contributed by atoms with Gasteiger partial charge in [-0.1, -0.05) is 19.3 Å². The fraction of sp³-hybridized carbons (Fsp3) is 0.889. The van der Waals surface area contributed by atoms with Gasteiger partial charge in [0, 0.05) is 6.54 Å². The molecule has 0 bridgehead atoms. The molecular formula is C9H17F3N2O2. The summed E-state index contributed by atoms with van der Waals surface area (Å²) in [6, 6.07) is 0. The summed E-state index contributed by atoms with van der Waals surface area (Å²) in [4.78, 5) is 8.90. The maximum absolute atomic E-state index is 10.6. The molecule has 0 aromatic carbocycles. The first-order valence-electron chi connectivity index (χ1n) is 5.11. The molecule has 0 aromatic heterocycles. The Morgan fingerprint density at radius 1 is 1.31 bits per heavy atom. The van der Waals surface area contributed by atoms with Crippen LogP contribution in [-0.4, -0.2) is 23.8 Å². The molecule has 7 heteroatoms. The smallest absolute Gasteiger partial charge is 0.475 e. The Morgan fingerprint density at radius 3 is 2.06 bits per heavy atom. The van der Waals surface area contributed by atoms with Crippen LogP contribution in [0.5, 0.6) is 0 Å². The van der Waals surface area contributed by atoms with Crippen LogP contribution in [0.25, 0.3) is 0 Å². The van der Waals surface area contributed by atoms with Crippen LogP contribution in [0.1, 0.15) is 32.1 Å². The van der Waals surface area contributed by atoms with Crippen molar-refractivity contribution in [2.24, 2.45) is 11.8 Å². The van der Waals surface area contributed by atoms with Crippen molar-refractivity contribution in [1.82, 2.24) is 5.43 Å². The van der Waals surface area contributed by atoms with Gasteiger partial charge < -0.3 is 5.11 Å². The van der Waals surface area contributed by atoms with Gasteiger partial charge in [0.1, 0.15) is 0 Å². The highest BCUT2D eigenvalue weighted by atomic mass is 19.4. The molecule has 0 spiro atoms. The summed E-state index contributed by atoms with van der Waals surface area (Å²) >= 11 is 0. The number of hydrazine groups is 1. The molecule has 96 valence electrons. The van der Waals surface area contributed by atoms with Crippen LogP contribution in [0.4, 0.5) is 13.2 Å². The summed E-state index contributed by atoms with van der Waals surface area (Å²) in [5.41, 5.74) is 2.74. The van der Waals surface area contributed by atoms with Crippen LogP contribution in [0, 0.1) is 5.92 Å². The monoisotopic (exact) mass is 242 g/mol. The third-order valence-electron chi connectivity index (χ3n) is 2.37. The lowest BCUT2D eigenvalue weighted by molar-refractivity contribution is -0.192. The van der Waals surface area contributed by atoms with Crippen LogP contribution in [0.3, 0.4) is 0 Å². The van der Waals surface area contributed by atoms with E-state index in [1.54, 1.807) is 0 Å². The van der Waals surface area contributed by atoms with Gasteiger partial charge >= 0.3 is 12.1 Å². The van der Waals surface area contributed by atoms with Crippen LogP contribution < -0.4 is 11.3 Å². The Morgan fingerprint density at radius 2 is 1.75 bits per heavy atom. The van der Waals surface area contributed by atoms with Crippen molar-refractivity contribution in [3.63, 3.8) is 0 Å². The number of hydrogen-bond acceptors (Lipinski definition) is 3. The Labute approximate surface area is 92.0 Å². The maximum atomic E-state index is 10.6. The normalized spacial score (nSPS) is 17.5. The quantitative estimate of drug-likeness (QED) is 0.508. The van der Waals surface area contributed by atoms with Gasteiger partial charge in [0.2, 0.25) is 0 Å². The first-order valence-corrected chi connectivity index (χ1v) is 5.11. The Kier molecular flexibility index (Phi) is 7.07. The molecule has 1 saturated carbocycles. The number of nitrogens with one attached hydrogen (secondary N) is 1. The summed E-state index contributed by atoms with van der Waals surface area (Å²) in [7, 11) is 0. The molecule has 16 heavy (non-hydrogen) atoms. The number of carboxylic acids is 1. The summed E-state index contributed by atoms with van der Waals surface area (Å²) in [5, 5.41) is 7.12. The van der Waals surface area contributed by atoms with Crippen LogP contribution in [0.15, 0.2) is 0 Å². The highest BCUT2D eigenvalue weighted by Gasteiger charge is 2.38. The fourth-order valence-corrected chi connectivity index (χ4v) is 1.56. The number of nitrogens with two attached hydrogens (primary N) is 1. The number of halogens is 3. The summed E-state index contributed by atoms with van der Waals surface area (Å²) in [6.45, 7) is 1.01. The molecule has 4 N–H and O–H groups in total. The van der Waals surface area contributed by atoms with Crippen LogP contribution in [0.2, 0.25) is 0 Å². The second kappa shape index (κ2) is 7.45. The Hall–Kier alpha value is -0.820. The van der Waals surface area contributed by atoms with Crippen molar-refractivity contribution < 1.29 is 23.1 Å². The molecule has 4 nitrogen and oxygen atoms in total. The van der Waals surface area contributed by atoms with Crippen LogP contribution >= 0.6 is 0 Å². The first kappa shape index (κ1) is 15.2. The predicted molar refractivity (Wildman–Crippen MR) is 52.5 cm³/mol. The highest BCUT2D eigenvalue weighted by molar-refractivity contribution is 5.73. The zero-order valence-corrected chi connectivity index (χ0v) is 8.89. The van der Waals surface area contributed by atoms with Crippen molar-refractivity contribution in [3.05, 3.63) is 0 Å². The molecule has 0 atom stereocenters. The molecular weight excluding hydrogens is 225 g/mol. The minimum absolute atomic E-state index is 0.865. The zero-order chi connectivity index (χ0) is 12.6. The van der Waals surface area contributed by atoms with E-state index in [1.165, 1.54) is 32.1 Å². The SMILES string of the molecule is NNCC1CCCCC1.O=C(O)C(F)(F)F. The van der Waals surface area contributed by atoms with Gasteiger partial charge in [0.25, 0.3) is 0 Å². The van der Waals surface area contributed by atoms with E-state index in [9.17, 15) is 13.2 Å². The van der Waals surface area contributed by atoms with E-state index in [-0.39, 0.29) is 0 Å². The molecule has 0 saturated heterocycles. The molecule has 1 rings (SSSR count). The van der Waals surface area contributed by atoms with Gasteiger partial charge in [0.05, 0.1) is 0 Å². The second-order valence-corrected chi connectivity index (χ2v) is 3.72. The number of aliphatic carboxylic acids is 1. The van der Waals surface area contributed by atoms with E-state index < -0.39 is 12.1 Å². The number of hydrogen-bond donors (Lipinski definition) is 3. The van der Waals surface area contributed by atoms with E-state index in [1.807, 2.05) is 0 Å². The van der Waals surface area contributed by atoms with E-state index >= 15 is 0 Å². The number of alkyl halides is 3. The molecule has 1 aliphatic carbocycles. The third-order valence-corrected chi connectivity index (χ3v) is 2.37. The average Bonchev–Trinajstić information content (AvgIpc) is 2.19. The van der Waals surface area contributed by atoms with Crippen molar-refractivity contribution >= 4 is 5.97 Å². The van der Waals surface area contributed by atoms with Crippen molar-refractivity contribution in [3.8, 4) is 0 Å². The second-order valence-electron chi connectivity index (χ2n) is 3.72. The molecule has 0 amide bonds. The van der Waals surface area contributed by atoms with Crippen molar-refractivity contribution in [1.29, 1.82) is 0 Å². The molecule has 0 radical (unpaired) electrons. The van der Waals surface area contributed by atoms with E-state index in [2.05, 4.69) is 5.43 Å². The standard InChI is InChI=1S/C7H16N2.C2HF3O2/c8-9-6-7-4-2-1-3-5-7;3-2(4,5)1(6)7/h7,9H,1-6,8H2;(H,6,7). The van der Waals surface area contributed by atoms with E-state index in [0.717, 1.165) is 12.5 Å². The predicted octanol–water partition coefficient (Wildman–Crippen LogP) is 1.66. The summed E-state index contributed by atoms with van der Waals surface area (Å²) < 4.78 is 31.7. The Balaban J connectivity index is 0.000000293. The third kappa shape index (κ3) is 7.47. The minimum Gasteiger partial charge on any atom is -0.475 e. The molecule has 0 unspecified atom stereocenters. The number of carboxylic acid groups (broad SMARTS) is 1.